The van der Waals surface area contributed by atoms with Gasteiger partial charge in [-0.05, 0) is 43.3 Å². The van der Waals surface area contributed by atoms with Gasteiger partial charge in [-0.15, -0.1) is 4.83 Å². The van der Waals surface area contributed by atoms with E-state index in [-0.39, 0.29) is 21.8 Å². The first-order valence-corrected chi connectivity index (χ1v) is 8.34. The van der Waals surface area contributed by atoms with E-state index in [1.165, 1.54) is 55.5 Å². The molecule has 0 atom stereocenters. The van der Waals surface area contributed by atoms with Crippen LogP contribution in [0.5, 0.6) is 0 Å². The lowest BCUT2D eigenvalue weighted by atomic mass is 10.2. The number of benzene rings is 2. The molecule has 2 rings (SSSR count). The molecule has 0 radical (unpaired) electrons. The minimum atomic E-state index is -3.99. The molecule has 6 nitrogen and oxygen atoms in total. The first-order valence-electron chi connectivity index (χ1n) is 6.48. The monoisotopic (exact) mass is 352 g/mol. The predicted molar refractivity (Wildman–Crippen MR) is 85.7 cm³/mol. The minimum absolute atomic E-state index is 0.124. The van der Waals surface area contributed by atoms with Crippen molar-refractivity contribution in [2.75, 3.05) is 0 Å². The van der Waals surface area contributed by atoms with Crippen molar-refractivity contribution >= 4 is 33.3 Å². The standard InChI is InChI=1S/C15H13ClN2O4S/c1-10(19)12-3-2-4-14(9-12)23(21,22)18-17-15(20)11-5-7-13(16)8-6-11/h2-9,18H,1H3,(H,17,20). The average Bonchev–Trinajstić information content (AvgIpc) is 2.53. The molecule has 8 heteroatoms. The second-order valence-electron chi connectivity index (χ2n) is 4.65. The molecule has 0 saturated heterocycles. The van der Waals surface area contributed by atoms with Gasteiger partial charge in [0.25, 0.3) is 15.9 Å². The molecule has 2 aromatic rings. The molecule has 0 unspecified atom stereocenters. The van der Waals surface area contributed by atoms with E-state index in [2.05, 4.69) is 5.43 Å². The van der Waals surface area contributed by atoms with Crippen LogP contribution >= 0.6 is 11.6 Å². The summed E-state index contributed by atoms with van der Waals surface area (Å²) in [5.41, 5.74) is 2.61. The number of hydrazine groups is 1. The number of ketones is 1. The summed E-state index contributed by atoms with van der Waals surface area (Å²) in [6.45, 7) is 1.33. The van der Waals surface area contributed by atoms with Gasteiger partial charge in [0, 0.05) is 16.1 Å². The van der Waals surface area contributed by atoms with Crippen molar-refractivity contribution in [1.29, 1.82) is 0 Å². The first kappa shape index (κ1) is 17.1. The fourth-order valence-electron chi connectivity index (χ4n) is 1.73. The number of carbonyl (C=O) groups is 2. The van der Waals surface area contributed by atoms with E-state index in [4.69, 9.17) is 11.6 Å². The normalized spacial score (nSPS) is 11.0. The molecule has 23 heavy (non-hydrogen) atoms. The van der Waals surface area contributed by atoms with Crippen LogP contribution in [-0.4, -0.2) is 20.1 Å². The van der Waals surface area contributed by atoms with Crippen molar-refractivity contribution < 1.29 is 18.0 Å². The molecule has 0 aliphatic carbocycles. The summed E-state index contributed by atoms with van der Waals surface area (Å²) in [6, 6.07) is 11.5. The molecule has 0 fully saturated rings. The number of hydrogen-bond donors (Lipinski definition) is 2. The Morgan fingerprint density at radius 3 is 2.26 bits per heavy atom. The lowest BCUT2D eigenvalue weighted by Crippen LogP contribution is -2.41. The zero-order valence-corrected chi connectivity index (χ0v) is 13.6. The Morgan fingerprint density at radius 2 is 1.65 bits per heavy atom. The quantitative estimate of drug-likeness (QED) is 0.637. The van der Waals surface area contributed by atoms with Crippen LogP contribution in [0.15, 0.2) is 53.4 Å². The Bertz CT molecular complexity index is 848. The zero-order valence-electron chi connectivity index (χ0n) is 12.0. The van der Waals surface area contributed by atoms with Crippen LogP contribution in [-0.2, 0) is 10.0 Å². The van der Waals surface area contributed by atoms with Gasteiger partial charge in [-0.2, -0.15) is 0 Å². The summed E-state index contributed by atoms with van der Waals surface area (Å²) in [6.07, 6.45) is 0. The number of nitrogens with one attached hydrogen (secondary N) is 2. The molecule has 0 saturated carbocycles. The fraction of sp³-hybridized carbons (Fsp3) is 0.0667. The van der Waals surface area contributed by atoms with E-state index >= 15 is 0 Å². The maximum absolute atomic E-state index is 12.1. The summed E-state index contributed by atoms with van der Waals surface area (Å²) in [5, 5.41) is 0.461. The highest BCUT2D eigenvalue weighted by Gasteiger charge is 2.16. The molecule has 2 aromatic carbocycles. The Hall–Kier alpha value is -2.22. The first-order chi connectivity index (χ1) is 10.8. The number of sulfonamides is 1. The number of amides is 1. The molecule has 0 aromatic heterocycles. The van der Waals surface area contributed by atoms with Crippen molar-refractivity contribution in [2.45, 2.75) is 11.8 Å². The van der Waals surface area contributed by atoms with E-state index in [9.17, 15) is 18.0 Å². The van der Waals surface area contributed by atoms with Crippen molar-refractivity contribution in [1.82, 2.24) is 10.3 Å². The highest BCUT2D eigenvalue weighted by Crippen LogP contribution is 2.12. The summed E-state index contributed by atoms with van der Waals surface area (Å²) < 4.78 is 24.3. The van der Waals surface area contributed by atoms with Crippen LogP contribution in [0.1, 0.15) is 27.6 Å². The predicted octanol–water partition coefficient (Wildman–Crippen LogP) is 2.17. The molecule has 0 aliphatic rings. The van der Waals surface area contributed by atoms with Crippen molar-refractivity contribution in [3.8, 4) is 0 Å². The number of halogens is 1. The van der Waals surface area contributed by atoms with Crippen LogP contribution in [0.3, 0.4) is 0 Å². The van der Waals surface area contributed by atoms with Gasteiger partial charge in [0.1, 0.15) is 0 Å². The average molecular weight is 353 g/mol. The molecular formula is C15H13ClN2O4S. The van der Waals surface area contributed by atoms with Gasteiger partial charge < -0.3 is 0 Å². The lowest BCUT2D eigenvalue weighted by molar-refractivity contribution is 0.0944. The molecule has 0 aliphatic heterocycles. The van der Waals surface area contributed by atoms with Crippen LogP contribution in [0.4, 0.5) is 0 Å². The molecule has 0 heterocycles. The summed E-state index contributed by atoms with van der Waals surface area (Å²) >= 11 is 5.72. The largest absolute Gasteiger partial charge is 0.295 e. The Morgan fingerprint density at radius 1 is 1.00 bits per heavy atom. The summed E-state index contributed by atoms with van der Waals surface area (Å²) in [5.74, 6) is -0.889. The highest BCUT2D eigenvalue weighted by atomic mass is 35.5. The van der Waals surface area contributed by atoms with Crippen LogP contribution < -0.4 is 10.3 Å². The third-order valence-corrected chi connectivity index (χ3v) is 4.45. The van der Waals surface area contributed by atoms with E-state index in [0.29, 0.717) is 5.02 Å². The fourth-order valence-corrected chi connectivity index (χ4v) is 2.74. The number of Topliss-reactive ketones (excluding diaryl/α,β-unsaturated/α-hetero) is 1. The zero-order chi connectivity index (χ0) is 17.0. The number of carbonyl (C=O) groups excluding carboxylic acids is 2. The van der Waals surface area contributed by atoms with Gasteiger partial charge in [-0.3, -0.25) is 15.0 Å². The van der Waals surface area contributed by atoms with Gasteiger partial charge >= 0.3 is 0 Å². The van der Waals surface area contributed by atoms with Crippen molar-refractivity contribution in [2.24, 2.45) is 0 Å². The third-order valence-electron chi connectivity index (χ3n) is 2.96. The van der Waals surface area contributed by atoms with Gasteiger partial charge in [0.2, 0.25) is 0 Å². The maximum Gasteiger partial charge on any atom is 0.266 e. The topological polar surface area (TPSA) is 92.3 Å². The molecule has 2 N–H and O–H groups in total. The third kappa shape index (κ3) is 4.38. The highest BCUT2D eigenvalue weighted by molar-refractivity contribution is 7.89. The van der Waals surface area contributed by atoms with Gasteiger partial charge in [0.15, 0.2) is 5.78 Å². The van der Waals surface area contributed by atoms with Crippen LogP contribution in [0.25, 0.3) is 0 Å². The van der Waals surface area contributed by atoms with Crippen molar-refractivity contribution in [3.05, 3.63) is 64.7 Å². The van der Waals surface area contributed by atoms with Crippen LogP contribution in [0, 0.1) is 0 Å². The van der Waals surface area contributed by atoms with Crippen LogP contribution in [0.2, 0.25) is 5.02 Å². The smallest absolute Gasteiger partial charge is 0.266 e. The molecule has 0 spiro atoms. The second kappa shape index (κ2) is 6.91. The minimum Gasteiger partial charge on any atom is -0.295 e. The van der Waals surface area contributed by atoms with E-state index in [0.717, 1.165) is 0 Å². The second-order valence-corrected chi connectivity index (χ2v) is 6.77. The SMILES string of the molecule is CC(=O)c1cccc(S(=O)(=O)NNC(=O)c2ccc(Cl)cc2)c1. The maximum atomic E-state index is 12.1. The molecule has 0 bridgehead atoms. The number of hydrogen-bond acceptors (Lipinski definition) is 4. The lowest BCUT2D eigenvalue weighted by Gasteiger charge is -2.09. The molecule has 120 valence electrons. The Balaban J connectivity index is 2.12. The van der Waals surface area contributed by atoms with E-state index in [1.54, 1.807) is 0 Å². The summed E-state index contributed by atoms with van der Waals surface area (Å²) in [7, 11) is -3.99. The van der Waals surface area contributed by atoms with E-state index < -0.39 is 15.9 Å². The van der Waals surface area contributed by atoms with Gasteiger partial charge in [0.05, 0.1) is 4.90 Å². The Labute approximate surface area is 138 Å². The number of rotatable bonds is 5. The van der Waals surface area contributed by atoms with Gasteiger partial charge in [-0.25, -0.2) is 8.42 Å². The Kier molecular flexibility index (Phi) is 5.15. The van der Waals surface area contributed by atoms with Crippen molar-refractivity contribution in [3.63, 3.8) is 0 Å². The van der Waals surface area contributed by atoms with E-state index in [1.807, 2.05) is 4.83 Å². The van der Waals surface area contributed by atoms with Gasteiger partial charge in [-0.1, -0.05) is 23.7 Å². The molecule has 1 amide bonds. The molecular weight excluding hydrogens is 340 g/mol. The summed E-state index contributed by atoms with van der Waals surface area (Å²) in [4.78, 5) is 25.0.